The van der Waals surface area contributed by atoms with Gasteiger partial charge in [0.1, 0.15) is 17.1 Å². The lowest BCUT2D eigenvalue weighted by Gasteiger charge is -2.14. The van der Waals surface area contributed by atoms with Crippen LogP contribution in [0.2, 0.25) is 0 Å². The molecule has 34 heavy (non-hydrogen) atoms. The predicted molar refractivity (Wildman–Crippen MR) is 129 cm³/mol. The van der Waals surface area contributed by atoms with Crippen molar-refractivity contribution >= 4 is 26.7 Å². The van der Waals surface area contributed by atoms with Crippen LogP contribution in [-0.2, 0) is 23.5 Å². The molecule has 0 aliphatic rings. The number of benzene rings is 1. The molecular formula is C23H26N6O4S. The van der Waals surface area contributed by atoms with Crippen molar-refractivity contribution in [2.24, 2.45) is 7.05 Å². The van der Waals surface area contributed by atoms with Crippen LogP contribution in [0.5, 0.6) is 5.75 Å². The number of nitrogens with one attached hydrogen (secondary N) is 2. The van der Waals surface area contributed by atoms with Crippen molar-refractivity contribution in [3.63, 3.8) is 0 Å². The number of ether oxygens (including phenoxy) is 1. The van der Waals surface area contributed by atoms with Crippen LogP contribution in [0.25, 0.3) is 22.4 Å². The van der Waals surface area contributed by atoms with Crippen molar-refractivity contribution in [3.8, 4) is 17.1 Å². The van der Waals surface area contributed by atoms with E-state index in [2.05, 4.69) is 24.8 Å². The Hall–Kier alpha value is -3.73. The number of aromatic amines is 1. The van der Waals surface area contributed by atoms with E-state index in [-0.39, 0.29) is 16.3 Å². The number of anilines is 1. The summed E-state index contributed by atoms with van der Waals surface area (Å²) in [6.45, 7) is 4.41. The summed E-state index contributed by atoms with van der Waals surface area (Å²) in [5, 5.41) is 4.44. The van der Waals surface area contributed by atoms with E-state index in [1.54, 1.807) is 31.4 Å². The van der Waals surface area contributed by atoms with Gasteiger partial charge in [-0.05, 0) is 43.2 Å². The molecule has 0 radical (unpaired) electrons. The Morgan fingerprint density at radius 3 is 2.71 bits per heavy atom. The van der Waals surface area contributed by atoms with E-state index in [1.807, 2.05) is 13.8 Å². The highest BCUT2D eigenvalue weighted by atomic mass is 32.2. The second-order valence-electron chi connectivity index (χ2n) is 7.79. The van der Waals surface area contributed by atoms with Crippen molar-refractivity contribution in [1.82, 2.24) is 24.7 Å². The standard InChI is InChI=1S/C23H26N6O4S/c1-4-7-18-20-21(29(3)27-18)23(30)26-22(25-20)17-13-16(9-10-19(17)33-12-5-2)34(31,32)28-15-8-6-11-24-14-15/h6,8-11,13-14,28H,4-5,7,12H2,1-3H3,(H,25,26,30). The summed E-state index contributed by atoms with van der Waals surface area (Å²) in [5.74, 6) is 0.637. The predicted octanol–water partition coefficient (Wildman–Crippen LogP) is 3.26. The Labute approximate surface area is 197 Å². The van der Waals surface area contributed by atoms with Crippen molar-refractivity contribution < 1.29 is 13.2 Å². The fraction of sp³-hybridized carbons (Fsp3) is 0.304. The highest BCUT2D eigenvalue weighted by Crippen LogP contribution is 2.32. The summed E-state index contributed by atoms with van der Waals surface area (Å²) in [4.78, 5) is 24.3. The molecule has 3 heterocycles. The summed E-state index contributed by atoms with van der Waals surface area (Å²) < 4.78 is 36.0. The van der Waals surface area contributed by atoms with E-state index >= 15 is 0 Å². The minimum Gasteiger partial charge on any atom is -0.493 e. The van der Waals surface area contributed by atoms with Gasteiger partial charge in [0.05, 0.1) is 34.6 Å². The van der Waals surface area contributed by atoms with E-state index in [9.17, 15) is 13.2 Å². The lowest BCUT2D eigenvalue weighted by atomic mass is 10.1. The number of hydrogen-bond acceptors (Lipinski definition) is 7. The topological polar surface area (TPSA) is 132 Å². The Balaban J connectivity index is 1.86. The number of H-pyrrole nitrogens is 1. The first-order chi connectivity index (χ1) is 16.3. The molecule has 0 atom stereocenters. The van der Waals surface area contributed by atoms with E-state index < -0.39 is 10.0 Å². The van der Waals surface area contributed by atoms with Crippen LogP contribution in [0, 0.1) is 0 Å². The van der Waals surface area contributed by atoms with E-state index in [0.717, 1.165) is 12.8 Å². The maximum absolute atomic E-state index is 13.0. The van der Waals surface area contributed by atoms with Gasteiger partial charge in [0.25, 0.3) is 15.6 Å². The Morgan fingerprint density at radius 1 is 1.18 bits per heavy atom. The number of aromatic nitrogens is 5. The second kappa shape index (κ2) is 9.64. The van der Waals surface area contributed by atoms with Gasteiger partial charge in [0.2, 0.25) is 0 Å². The molecule has 0 amide bonds. The van der Waals surface area contributed by atoms with Gasteiger partial charge in [-0.2, -0.15) is 5.10 Å². The number of aryl methyl sites for hydroxylation is 2. The molecule has 0 aliphatic carbocycles. The van der Waals surface area contributed by atoms with E-state index in [0.29, 0.717) is 46.8 Å². The summed E-state index contributed by atoms with van der Waals surface area (Å²) in [7, 11) is -2.23. The summed E-state index contributed by atoms with van der Waals surface area (Å²) >= 11 is 0. The Morgan fingerprint density at radius 2 is 2.00 bits per heavy atom. The van der Waals surface area contributed by atoms with Crippen molar-refractivity contribution in [2.45, 2.75) is 38.0 Å². The fourth-order valence-electron chi connectivity index (χ4n) is 3.62. The number of sulfonamides is 1. The lowest BCUT2D eigenvalue weighted by Crippen LogP contribution is -2.15. The Kier molecular flexibility index (Phi) is 6.64. The number of nitrogens with zero attached hydrogens (tertiary/aromatic N) is 4. The number of rotatable bonds is 9. The van der Waals surface area contributed by atoms with Gasteiger partial charge >= 0.3 is 0 Å². The molecule has 10 nitrogen and oxygen atoms in total. The normalized spacial score (nSPS) is 11.6. The highest BCUT2D eigenvalue weighted by Gasteiger charge is 2.21. The average molecular weight is 483 g/mol. The van der Waals surface area contributed by atoms with Crippen LogP contribution in [-0.4, -0.2) is 39.8 Å². The van der Waals surface area contributed by atoms with Crippen molar-refractivity contribution in [2.75, 3.05) is 11.3 Å². The molecule has 0 aliphatic heterocycles. The van der Waals surface area contributed by atoms with Gasteiger partial charge in [0.15, 0.2) is 5.52 Å². The van der Waals surface area contributed by atoms with Crippen LogP contribution in [0.3, 0.4) is 0 Å². The van der Waals surface area contributed by atoms with Gasteiger partial charge in [0, 0.05) is 13.2 Å². The molecule has 0 saturated heterocycles. The maximum atomic E-state index is 13.0. The van der Waals surface area contributed by atoms with Crippen LogP contribution in [0.1, 0.15) is 32.4 Å². The Bertz CT molecular complexity index is 1480. The zero-order chi connectivity index (χ0) is 24.3. The molecule has 0 saturated carbocycles. The number of hydrogen-bond donors (Lipinski definition) is 2. The molecule has 1 aromatic carbocycles. The molecule has 11 heteroatoms. The maximum Gasteiger partial charge on any atom is 0.277 e. The first kappa shape index (κ1) is 23.4. The molecule has 4 rings (SSSR count). The molecule has 0 unspecified atom stereocenters. The third-order valence-electron chi connectivity index (χ3n) is 5.14. The average Bonchev–Trinajstić information content (AvgIpc) is 3.13. The molecule has 0 fully saturated rings. The zero-order valence-corrected chi connectivity index (χ0v) is 20.0. The zero-order valence-electron chi connectivity index (χ0n) is 19.2. The number of pyridine rings is 1. The van der Waals surface area contributed by atoms with Gasteiger partial charge in [-0.3, -0.25) is 19.2 Å². The van der Waals surface area contributed by atoms with Gasteiger partial charge < -0.3 is 9.72 Å². The SMILES string of the molecule is CCCOc1ccc(S(=O)(=O)Nc2cccnc2)cc1-c1nc2c(CCC)nn(C)c2c(=O)[nH]1. The van der Waals surface area contributed by atoms with Gasteiger partial charge in [-0.1, -0.05) is 20.3 Å². The minimum absolute atomic E-state index is 0.00193. The molecule has 0 spiro atoms. The third kappa shape index (κ3) is 4.65. The van der Waals surface area contributed by atoms with Crippen LogP contribution in [0.4, 0.5) is 5.69 Å². The fourth-order valence-corrected chi connectivity index (χ4v) is 4.69. The highest BCUT2D eigenvalue weighted by molar-refractivity contribution is 7.92. The van der Waals surface area contributed by atoms with Crippen molar-refractivity contribution in [1.29, 1.82) is 0 Å². The first-order valence-corrected chi connectivity index (χ1v) is 12.5. The largest absolute Gasteiger partial charge is 0.493 e. The van der Waals surface area contributed by atoms with Gasteiger partial charge in [-0.25, -0.2) is 13.4 Å². The lowest BCUT2D eigenvalue weighted by molar-refractivity contribution is 0.318. The molecule has 4 aromatic rings. The van der Waals surface area contributed by atoms with E-state index in [1.165, 1.54) is 23.0 Å². The molecular weight excluding hydrogens is 456 g/mol. The monoisotopic (exact) mass is 482 g/mol. The smallest absolute Gasteiger partial charge is 0.277 e. The minimum atomic E-state index is -3.93. The van der Waals surface area contributed by atoms with E-state index in [4.69, 9.17) is 4.74 Å². The van der Waals surface area contributed by atoms with Crippen LogP contribution >= 0.6 is 0 Å². The molecule has 178 valence electrons. The molecule has 3 aromatic heterocycles. The summed E-state index contributed by atoms with van der Waals surface area (Å²) in [6, 6.07) is 7.72. The molecule has 0 bridgehead atoms. The quantitative estimate of drug-likeness (QED) is 0.374. The van der Waals surface area contributed by atoms with Crippen molar-refractivity contribution in [3.05, 3.63) is 58.8 Å². The van der Waals surface area contributed by atoms with Gasteiger partial charge in [-0.15, -0.1) is 0 Å². The summed E-state index contributed by atoms with van der Waals surface area (Å²) in [6.07, 6.45) is 5.24. The second-order valence-corrected chi connectivity index (χ2v) is 9.47. The summed E-state index contributed by atoms with van der Waals surface area (Å²) in [5.41, 5.74) is 1.91. The third-order valence-corrected chi connectivity index (χ3v) is 6.52. The van der Waals surface area contributed by atoms with Crippen LogP contribution in [0.15, 0.2) is 52.4 Å². The molecule has 2 N–H and O–H groups in total. The van der Waals surface area contributed by atoms with Crippen LogP contribution < -0.4 is 15.0 Å². The first-order valence-electron chi connectivity index (χ1n) is 11.0. The number of fused-ring (bicyclic) bond motifs is 1.